The molecule has 1 aliphatic rings. The van der Waals surface area contributed by atoms with E-state index in [4.69, 9.17) is 4.99 Å². The molecule has 0 aromatic rings. The summed E-state index contributed by atoms with van der Waals surface area (Å²) in [5.41, 5.74) is 1.11. The number of amidine groups is 1. The zero-order valence-corrected chi connectivity index (χ0v) is 12.0. The molecular formula is C13H26N4. The van der Waals surface area contributed by atoms with Crippen molar-refractivity contribution < 1.29 is 0 Å². The molecule has 1 unspecified atom stereocenters. The van der Waals surface area contributed by atoms with E-state index in [1.54, 1.807) is 0 Å². The second kappa shape index (κ2) is 5.43. The van der Waals surface area contributed by atoms with E-state index >= 15 is 0 Å². The van der Waals surface area contributed by atoms with Crippen LogP contribution >= 0.6 is 0 Å². The first-order valence-electron chi connectivity index (χ1n) is 6.45. The predicted molar refractivity (Wildman–Crippen MR) is 73.9 cm³/mol. The lowest BCUT2D eigenvalue weighted by Crippen LogP contribution is -2.47. The van der Waals surface area contributed by atoms with Gasteiger partial charge in [-0.05, 0) is 41.5 Å². The van der Waals surface area contributed by atoms with Crippen LogP contribution in [0.5, 0.6) is 0 Å². The maximum absolute atomic E-state index is 4.72. The molecule has 4 nitrogen and oxygen atoms in total. The topological polar surface area (TPSA) is 39.7 Å². The smallest absolute Gasteiger partial charge is 0.148 e. The Morgan fingerprint density at radius 2 is 2.00 bits per heavy atom. The van der Waals surface area contributed by atoms with E-state index in [9.17, 15) is 0 Å². The number of nitrogens with one attached hydrogen (secondary N) is 2. The van der Waals surface area contributed by atoms with Crippen molar-refractivity contribution in [1.82, 2.24) is 15.5 Å². The average Bonchev–Trinajstić information content (AvgIpc) is 2.20. The van der Waals surface area contributed by atoms with E-state index in [0.717, 1.165) is 24.6 Å². The van der Waals surface area contributed by atoms with Gasteiger partial charge in [0.25, 0.3) is 0 Å². The summed E-state index contributed by atoms with van der Waals surface area (Å²) in [5.74, 6) is 0.969. The average molecular weight is 238 g/mol. The Bertz CT molecular complexity index is 312. The van der Waals surface area contributed by atoms with E-state index in [1.807, 2.05) is 0 Å². The van der Waals surface area contributed by atoms with Crippen LogP contribution in [0.4, 0.5) is 0 Å². The van der Waals surface area contributed by atoms with E-state index in [1.165, 1.54) is 0 Å². The van der Waals surface area contributed by atoms with Crippen LogP contribution in [0.2, 0.25) is 0 Å². The van der Waals surface area contributed by atoms with Crippen molar-refractivity contribution >= 4 is 5.84 Å². The maximum atomic E-state index is 4.72. The third-order valence-electron chi connectivity index (χ3n) is 2.57. The number of nitrogens with zero attached hydrogens (tertiary/aromatic N) is 2. The van der Waals surface area contributed by atoms with Crippen molar-refractivity contribution in [3.05, 3.63) is 11.9 Å². The zero-order valence-electron chi connectivity index (χ0n) is 12.0. The van der Waals surface area contributed by atoms with Crippen molar-refractivity contribution in [2.75, 3.05) is 13.1 Å². The summed E-state index contributed by atoms with van der Waals surface area (Å²) < 4.78 is 0. The Hall–Kier alpha value is -1.19. The minimum Gasteiger partial charge on any atom is -0.381 e. The van der Waals surface area contributed by atoms with Gasteiger partial charge >= 0.3 is 0 Å². The highest BCUT2D eigenvalue weighted by molar-refractivity contribution is 5.98. The maximum Gasteiger partial charge on any atom is 0.148 e. The molecule has 0 amide bonds. The third-order valence-corrected chi connectivity index (χ3v) is 2.57. The predicted octanol–water partition coefficient (Wildman–Crippen LogP) is 1.91. The van der Waals surface area contributed by atoms with E-state index in [2.05, 4.69) is 63.3 Å². The molecule has 0 aromatic carbocycles. The Morgan fingerprint density at radius 1 is 1.35 bits per heavy atom. The monoisotopic (exact) mass is 238 g/mol. The lowest BCUT2D eigenvalue weighted by molar-refractivity contribution is 0.305. The summed E-state index contributed by atoms with van der Waals surface area (Å²) in [4.78, 5) is 6.95. The number of rotatable bonds is 3. The SMILES string of the molecule is CCNC1=CN(CC)C(C)N=C1NC(C)(C)C. The highest BCUT2D eigenvalue weighted by atomic mass is 15.3. The molecule has 1 aliphatic heterocycles. The van der Waals surface area contributed by atoms with Crippen LogP contribution in [0.15, 0.2) is 16.9 Å². The molecule has 1 atom stereocenters. The second-order valence-electron chi connectivity index (χ2n) is 5.39. The highest BCUT2D eigenvalue weighted by Gasteiger charge is 2.22. The molecule has 0 radical (unpaired) electrons. The van der Waals surface area contributed by atoms with Crippen LogP contribution in [-0.4, -0.2) is 35.5 Å². The second-order valence-corrected chi connectivity index (χ2v) is 5.39. The van der Waals surface area contributed by atoms with Gasteiger partial charge in [0.15, 0.2) is 0 Å². The first-order chi connectivity index (χ1) is 7.87. The van der Waals surface area contributed by atoms with E-state index in [0.29, 0.717) is 0 Å². The van der Waals surface area contributed by atoms with Gasteiger partial charge in [-0.2, -0.15) is 0 Å². The molecule has 0 aliphatic carbocycles. The molecule has 0 aromatic heterocycles. The van der Waals surface area contributed by atoms with Crippen LogP contribution in [0.1, 0.15) is 41.5 Å². The summed E-state index contributed by atoms with van der Waals surface area (Å²) in [6, 6.07) is 0. The van der Waals surface area contributed by atoms with Gasteiger partial charge < -0.3 is 15.5 Å². The molecule has 0 saturated heterocycles. The zero-order chi connectivity index (χ0) is 13.1. The van der Waals surface area contributed by atoms with Crippen LogP contribution in [0, 0.1) is 0 Å². The summed E-state index contributed by atoms with van der Waals surface area (Å²) >= 11 is 0. The molecule has 0 spiro atoms. The van der Waals surface area contributed by atoms with Gasteiger partial charge in [-0.1, -0.05) is 0 Å². The van der Waals surface area contributed by atoms with Gasteiger partial charge in [0.1, 0.15) is 12.0 Å². The van der Waals surface area contributed by atoms with Gasteiger partial charge in [-0.3, -0.25) is 0 Å². The van der Waals surface area contributed by atoms with Crippen LogP contribution in [0.25, 0.3) is 0 Å². The number of hydrogen-bond acceptors (Lipinski definition) is 4. The minimum absolute atomic E-state index is 0.0292. The molecular weight excluding hydrogens is 212 g/mol. The first kappa shape index (κ1) is 13.9. The van der Waals surface area contributed by atoms with Gasteiger partial charge in [0.2, 0.25) is 0 Å². The first-order valence-corrected chi connectivity index (χ1v) is 6.45. The fourth-order valence-corrected chi connectivity index (χ4v) is 1.80. The van der Waals surface area contributed by atoms with Crippen molar-refractivity contribution in [1.29, 1.82) is 0 Å². The lowest BCUT2D eigenvalue weighted by Gasteiger charge is -2.33. The number of likely N-dealkylation sites (N-methyl/N-ethyl adjacent to an activating group) is 1. The summed E-state index contributed by atoms with van der Waals surface area (Å²) in [6.45, 7) is 14.7. The van der Waals surface area contributed by atoms with Gasteiger partial charge in [0.05, 0.1) is 5.70 Å². The van der Waals surface area contributed by atoms with Crippen LogP contribution in [0.3, 0.4) is 0 Å². The molecule has 17 heavy (non-hydrogen) atoms. The van der Waals surface area contributed by atoms with Crippen LogP contribution in [-0.2, 0) is 0 Å². The van der Waals surface area contributed by atoms with Gasteiger partial charge in [0, 0.05) is 24.8 Å². The molecule has 2 N–H and O–H groups in total. The fraction of sp³-hybridized carbons (Fsp3) is 0.769. The fourth-order valence-electron chi connectivity index (χ4n) is 1.80. The molecule has 1 rings (SSSR count). The quantitative estimate of drug-likeness (QED) is 0.789. The molecule has 0 saturated carbocycles. The third kappa shape index (κ3) is 3.95. The Balaban J connectivity index is 2.89. The largest absolute Gasteiger partial charge is 0.381 e. The van der Waals surface area contributed by atoms with Crippen molar-refractivity contribution in [3.63, 3.8) is 0 Å². The number of aliphatic imine (C=N–C) groups is 1. The standard InChI is InChI=1S/C13H26N4/c1-7-14-11-9-17(8-2)10(3)15-12(11)16-13(4,5)6/h9-10,14H,7-8H2,1-6H3,(H,15,16). The Labute approximate surface area is 105 Å². The summed E-state index contributed by atoms with van der Waals surface area (Å²) in [7, 11) is 0. The van der Waals surface area contributed by atoms with Crippen LogP contribution < -0.4 is 10.6 Å². The Kier molecular flexibility index (Phi) is 4.43. The highest BCUT2D eigenvalue weighted by Crippen LogP contribution is 2.13. The van der Waals surface area contributed by atoms with Crippen molar-refractivity contribution in [3.8, 4) is 0 Å². The molecule has 1 heterocycles. The van der Waals surface area contributed by atoms with E-state index < -0.39 is 0 Å². The summed E-state index contributed by atoms with van der Waals surface area (Å²) in [6.07, 6.45) is 2.36. The van der Waals surface area contributed by atoms with Crippen molar-refractivity contribution in [2.24, 2.45) is 4.99 Å². The van der Waals surface area contributed by atoms with Gasteiger partial charge in [-0.15, -0.1) is 0 Å². The Morgan fingerprint density at radius 3 is 2.47 bits per heavy atom. The summed E-state index contributed by atoms with van der Waals surface area (Å²) in [5, 5.41) is 6.83. The normalized spacial score (nSPS) is 20.8. The molecule has 0 fully saturated rings. The van der Waals surface area contributed by atoms with Crippen molar-refractivity contribution in [2.45, 2.75) is 53.2 Å². The van der Waals surface area contributed by atoms with E-state index in [-0.39, 0.29) is 11.7 Å². The lowest BCUT2D eigenvalue weighted by atomic mass is 10.1. The number of hydrogen-bond donors (Lipinski definition) is 2. The minimum atomic E-state index is 0.0292. The molecule has 98 valence electrons. The van der Waals surface area contributed by atoms with Gasteiger partial charge in [-0.25, -0.2) is 4.99 Å². The molecule has 0 bridgehead atoms. The molecule has 4 heteroatoms.